The van der Waals surface area contributed by atoms with Crippen molar-refractivity contribution in [2.75, 3.05) is 62.4 Å². The van der Waals surface area contributed by atoms with Gasteiger partial charge in [0.15, 0.2) is 0 Å². The summed E-state index contributed by atoms with van der Waals surface area (Å²) in [6.45, 7) is 6.08. The molecule has 0 radical (unpaired) electrons. The fourth-order valence-corrected chi connectivity index (χ4v) is 6.01. The number of epoxide rings is 4. The van der Waals surface area contributed by atoms with Gasteiger partial charge in [0.2, 0.25) is 0 Å². The van der Waals surface area contributed by atoms with E-state index in [0.29, 0.717) is 26.5 Å². The average Bonchev–Trinajstić information content (AvgIpc) is 3.60. The highest BCUT2D eigenvalue weighted by Gasteiger charge is 2.34. The van der Waals surface area contributed by atoms with Gasteiger partial charge < -0.3 is 28.7 Å². The summed E-state index contributed by atoms with van der Waals surface area (Å²) >= 11 is 27.0. The van der Waals surface area contributed by atoms with E-state index < -0.39 is 0 Å². The van der Waals surface area contributed by atoms with Crippen LogP contribution in [0.2, 0.25) is 20.1 Å². The second kappa shape index (κ2) is 10.1. The molecule has 0 aromatic heterocycles. The van der Waals surface area contributed by atoms with Crippen LogP contribution in [0.15, 0.2) is 24.3 Å². The Kier molecular flexibility index (Phi) is 7.01. The molecule has 4 heterocycles. The van der Waals surface area contributed by atoms with E-state index in [0.717, 1.165) is 75.1 Å². The van der Waals surface area contributed by atoms with E-state index in [-0.39, 0.29) is 24.4 Å². The SMILES string of the molecule is Clc1cc(Cc2cc(Cl)c(N(CC3CO3)CC3CO3)c(Cl)c2)cc(Cl)c1N(CC1CO1)CC1CO1. The van der Waals surface area contributed by atoms with E-state index in [2.05, 4.69) is 9.80 Å². The maximum absolute atomic E-state index is 6.75. The first kappa shape index (κ1) is 24.4. The van der Waals surface area contributed by atoms with Crippen LogP contribution in [-0.2, 0) is 25.4 Å². The molecule has 4 fully saturated rings. The van der Waals surface area contributed by atoms with Crippen LogP contribution < -0.4 is 9.80 Å². The second-order valence-corrected chi connectivity index (χ2v) is 11.3. The van der Waals surface area contributed by atoms with E-state index in [1.165, 1.54) is 0 Å². The van der Waals surface area contributed by atoms with Gasteiger partial charge in [0.1, 0.15) is 0 Å². The largest absolute Gasteiger partial charge is 0.371 e. The lowest BCUT2D eigenvalue weighted by atomic mass is 10.0. The van der Waals surface area contributed by atoms with Crippen LogP contribution in [0, 0.1) is 0 Å². The fourth-order valence-electron chi connectivity index (χ4n) is 4.47. The summed E-state index contributed by atoms with van der Waals surface area (Å²) in [7, 11) is 0. The maximum Gasteiger partial charge on any atom is 0.0984 e. The van der Waals surface area contributed by atoms with Gasteiger partial charge >= 0.3 is 0 Å². The molecule has 4 atom stereocenters. The molecule has 4 saturated heterocycles. The lowest BCUT2D eigenvalue weighted by Crippen LogP contribution is -2.32. The Morgan fingerprint density at radius 1 is 0.543 bits per heavy atom. The maximum atomic E-state index is 6.75. The van der Waals surface area contributed by atoms with Crippen molar-refractivity contribution in [3.63, 3.8) is 0 Å². The minimum Gasteiger partial charge on any atom is -0.371 e. The summed E-state index contributed by atoms with van der Waals surface area (Å²) in [4.78, 5) is 4.35. The number of rotatable bonds is 12. The molecule has 0 spiro atoms. The Hall–Kier alpha value is -0.960. The first-order valence-corrected chi connectivity index (χ1v) is 13.4. The molecule has 0 aliphatic carbocycles. The van der Waals surface area contributed by atoms with E-state index in [9.17, 15) is 0 Å². The molecule has 6 rings (SSSR count). The molecule has 0 amide bonds. The van der Waals surface area contributed by atoms with Crippen molar-refractivity contribution >= 4 is 57.8 Å². The summed E-state index contributed by atoms with van der Waals surface area (Å²) in [5, 5.41) is 2.45. The number of ether oxygens (including phenoxy) is 4. The molecule has 2 aromatic rings. The Labute approximate surface area is 224 Å². The van der Waals surface area contributed by atoms with Crippen LogP contribution in [0.5, 0.6) is 0 Å². The van der Waals surface area contributed by atoms with Crippen LogP contribution in [0.4, 0.5) is 11.4 Å². The minimum absolute atomic E-state index is 0.223. The van der Waals surface area contributed by atoms with Gasteiger partial charge in [-0.1, -0.05) is 46.4 Å². The van der Waals surface area contributed by atoms with Crippen molar-refractivity contribution in [1.82, 2.24) is 0 Å². The molecule has 10 heteroatoms. The summed E-state index contributed by atoms with van der Waals surface area (Å²) in [5.41, 5.74) is 3.64. The Bertz CT molecular complexity index is 943. The third-order valence-corrected chi connectivity index (χ3v) is 7.65. The summed E-state index contributed by atoms with van der Waals surface area (Å²) < 4.78 is 21.7. The molecule has 0 saturated carbocycles. The van der Waals surface area contributed by atoms with Crippen LogP contribution >= 0.6 is 46.4 Å². The predicted octanol–water partition coefficient (Wildman–Crippen LogP) is 5.10. The molecule has 0 N–H and O–H groups in total. The number of anilines is 2. The first-order chi connectivity index (χ1) is 16.9. The van der Waals surface area contributed by atoms with Gasteiger partial charge in [0.25, 0.3) is 0 Å². The molecule has 4 aliphatic heterocycles. The first-order valence-electron chi connectivity index (χ1n) is 11.8. The minimum atomic E-state index is 0.223. The van der Waals surface area contributed by atoms with E-state index in [4.69, 9.17) is 65.4 Å². The zero-order valence-corrected chi connectivity index (χ0v) is 22.0. The quantitative estimate of drug-likeness (QED) is 0.337. The molecule has 188 valence electrons. The third-order valence-electron chi connectivity index (χ3n) is 6.50. The number of nitrogens with zero attached hydrogens (tertiary/aromatic N) is 2. The van der Waals surface area contributed by atoms with Gasteiger partial charge in [0.05, 0.1) is 82.3 Å². The van der Waals surface area contributed by atoms with Crippen molar-refractivity contribution in [2.45, 2.75) is 30.8 Å². The van der Waals surface area contributed by atoms with Gasteiger partial charge in [-0.3, -0.25) is 0 Å². The van der Waals surface area contributed by atoms with Gasteiger partial charge in [-0.2, -0.15) is 0 Å². The van der Waals surface area contributed by atoms with Gasteiger partial charge in [-0.25, -0.2) is 0 Å². The zero-order valence-electron chi connectivity index (χ0n) is 19.0. The topological polar surface area (TPSA) is 56.6 Å². The van der Waals surface area contributed by atoms with Gasteiger partial charge in [0, 0.05) is 26.2 Å². The second-order valence-electron chi connectivity index (χ2n) is 9.62. The van der Waals surface area contributed by atoms with Gasteiger partial charge in [-0.15, -0.1) is 0 Å². The number of benzene rings is 2. The van der Waals surface area contributed by atoms with E-state index >= 15 is 0 Å². The lowest BCUT2D eigenvalue weighted by molar-refractivity contribution is 0.388. The Morgan fingerprint density at radius 3 is 1.03 bits per heavy atom. The summed E-state index contributed by atoms with van der Waals surface area (Å²) in [6.07, 6.45) is 1.50. The molecule has 35 heavy (non-hydrogen) atoms. The van der Waals surface area contributed by atoms with Crippen molar-refractivity contribution in [1.29, 1.82) is 0 Å². The lowest BCUT2D eigenvalue weighted by Gasteiger charge is -2.26. The van der Waals surface area contributed by atoms with E-state index in [1.54, 1.807) is 0 Å². The molecule has 0 bridgehead atoms. The van der Waals surface area contributed by atoms with E-state index in [1.807, 2.05) is 24.3 Å². The highest BCUT2D eigenvalue weighted by Crippen LogP contribution is 2.40. The Morgan fingerprint density at radius 2 is 0.800 bits per heavy atom. The van der Waals surface area contributed by atoms with Crippen LogP contribution in [0.25, 0.3) is 0 Å². The standard InChI is InChI=1S/C25H26Cl4N2O4/c26-20-2-14(3-21(27)24(20)30(6-16-10-32-16)7-17-11-33-17)1-15-4-22(28)25(23(29)5-15)31(8-18-12-34-18)9-19-13-35-19/h2-5,16-19H,1,6-13H2. The fraction of sp³-hybridized carbons (Fsp3) is 0.520. The molecule has 4 unspecified atom stereocenters. The summed E-state index contributed by atoms with van der Waals surface area (Å²) in [5.74, 6) is 0. The highest BCUT2D eigenvalue weighted by atomic mass is 35.5. The van der Waals surface area contributed by atoms with Crippen LogP contribution in [0.1, 0.15) is 11.1 Å². The molecule has 4 aliphatic rings. The van der Waals surface area contributed by atoms with Crippen molar-refractivity contribution < 1.29 is 18.9 Å². The molecule has 6 nitrogen and oxygen atoms in total. The zero-order chi connectivity index (χ0) is 24.1. The highest BCUT2D eigenvalue weighted by molar-refractivity contribution is 6.40. The van der Waals surface area contributed by atoms with Crippen molar-refractivity contribution in [3.8, 4) is 0 Å². The van der Waals surface area contributed by atoms with Gasteiger partial charge in [-0.05, 0) is 41.8 Å². The summed E-state index contributed by atoms with van der Waals surface area (Å²) in [6, 6.07) is 7.87. The number of hydrogen-bond acceptors (Lipinski definition) is 6. The number of hydrogen-bond donors (Lipinski definition) is 0. The van der Waals surface area contributed by atoms with Crippen molar-refractivity contribution in [3.05, 3.63) is 55.5 Å². The normalized spacial score (nSPS) is 25.9. The molecular formula is C25H26Cl4N2O4. The van der Waals surface area contributed by atoms with Crippen LogP contribution in [0.3, 0.4) is 0 Å². The molecular weight excluding hydrogens is 534 g/mol. The van der Waals surface area contributed by atoms with Crippen LogP contribution in [-0.4, -0.2) is 77.0 Å². The third kappa shape index (κ3) is 6.31. The molecule has 2 aromatic carbocycles. The Balaban J connectivity index is 1.21. The monoisotopic (exact) mass is 558 g/mol. The smallest absolute Gasteiger partial charge is 0.0984 e. The average molecular weight is 560 g/mol. The predicted molar refractivity (Wildman–Crippen MR) is 139 cm³/mol. The number of halogens is 4. The van der Waals surface area contributed by atoms with Crippen molar-refractivity contribution in [2.24, 2.45) is 0 Å².